The first-order valence-corrected chi connectivity index (χ1v) is 6.64. The van der Waals surface area contributed by atoms with Gasteiger partial charge in [0.05, 0.1) is 5.02 Å². The summed E-state index contributed by atoms with van der Waals surface area (Å²) in [6.45, 7) is 1.30. The molecule has 1 amide bonds. The van der Waals surface area contributed by atoms with Gasteiger partial charge in [0.1, 0.15) is 0 Å². The molecule has 96 valence electrons. The van der Waals surface area contributed by atoms with Crippen LogP contribution in [0.15, 0.2) is 18.2 Å². The van der Waals surface area contributed by atoms with Crippen molar-refractivity contribution in [2.75, 3.05) is 13.1 Å². The predicted octanol–water partition coefficient (Wildman–Crippen LogP) is 3.19. The van der Waals surface area contributed by atoms with Crippen molar-refractivity contribution in [2.45, 2.75) is 19.3 Å². The number of amides is 1. The van der Waals surface area contributed by atoms with E-state index in [1.54, 1.807) is 11.0 Å². The monoisotopic (exact) mass is 285 g/mol. The third kappa shape index (κ3) is 2.85. The van der Waals surface area contributed by atoms with Gasteiger partial charge in [-0.25, -0.2) is 0 Å². The van der Waals surface area contributed by atoms with Crippen LogP contribution in [0.4, 0.5) is 0 Å². The zero-order valence-corrected chi connectivity index (χ0v) is 11.3. The highest BCUT2D eigenvalue weighted by Crippen LogP contribution is 2.22. The Morgan fingerprint density at radius 2 is 1.72 bits per heavy atom. The third-order valence-corrected chi connectivity index (χ3v) is 3.56. The fourth-order valence-corrected chi connectivity index (χ4v) is 2.52. The number of halogens is 2. The van der Waals surface area contributed by atoms with Crippen LogP contribution in [0.25, 0.3) is 0 Å². The molecule has 0 unspecified atom stereocenters. The van der Waals surface area contributed by atoms with Crippen molar-refractivity contribution in [1.29, 1.82) is 0 Å². The predicted molar refractivity (Wildman–Crippen MR) is 71.2 cm³/mol. The van der Waals surface area contributed by atoms with E-state index in [-0.39, 0.29) is 10.6 Å². The molecule has 3 nitrogen and oxygen atoms in total. The van der Waals surface area contributed by atoms with Crippen molar-refractivity contribution in [3.63, 3.8) is 0 Å². The molecule has 1 aromatic rings. The van der Waals surface area contributed by atoms with Crippen LogP contribution in [-0.4, -0.2) is 29.7 Å². The van der Waals surface area contributed by atoms with Crippen molar-refractivity contribution >= 4 is 34.9 Å². The molecule has 0 N–H and O–H groups in total. The maximum absolute atomic E-state index is 12.1. The molecule has 1 heterocycles. The first-order valence-electron chi connectivity index (χ1n) is 5.88. The third-order valence-electron chi connectivity index (χ3n) is 3.01. The first-order chi connectivity index (χ1) is 8.59. The average Bonchev–Trinajstić information content (AvgIpc) is 2.38. The summed E-state index contributed by atoms with van der Waals surface area (Å²) >= 11 is 11.7. The minimum Gasteiger partial charge on any atom is -0.336 e. The molecule has 1 aliphatic rings. The van der Waals surface area contributed by atoms with E-state index < -0.39 is 11.7 Å². The number of benzene rings is 1. The fraction of sp³-hybridized carbons (Fsp3) is 0.385. The highest BCUT2D eigenvalue weighted by atomic mass is 35.5. The maximum atomic E-state index is 12.1. The number of hydrogen-bond donors (Lipinski definition) is 0. The van der Waals surface area contributed by atoms with Crippen LogP contribution in [0.1, 0.15) is 29.6 Å². The van der Waals surface area contributed by atoms with Gasteiger partial charge in [0.2, 0.25) is 0 Å². The van der Waals surface area contributed by atoms with Gasteiger partial charge in [-0.05, 0) is 37.5 Å². The van der Waals surface area contributed by atoms with Crippen LogP contribution in [-0.2, 0) is 4.79 Å². The quantitative estimate of drug-likeness (QED) is 0.618. The molecule has 1 saturated heterocycles. The number of carbonyl (C=O) groups excluding carboxylic acids is 2. The fourth-order valence-electron chi connectivity index (χ4n) is 2.03. The largest absolute Gasteiger partial charge is 0.336 e. The number of hydrogen-bond acceptors (Lipinski definition) is 2. The van der Waals surface area contributed by atoms with Crippen LogP contribution < -0.4 is 0 Å². The van der Waals surface area contributed by atoms with E-state index in [4.69, 9.17) is 23.2 Å². The topological polar surface area (TPSA) is 37.4 Å². The minimum atomic E-state index is -0.557. The summed E-state index contributed by atoms with van der Waals surface area (Å²) in [7, 11) is 0. The van der Waals surface area contributed by atoms with Crippen LogP contribution >= 0.6 is 23.2 Å². The van der Waals surface area contributed by atoms with Gasteiger partial charge in [0.25, 0.3) is 11.7 Å². The summed E-state index contributed by atoms with van der Waals surface area (Å²) in [4.78, 5) is 25.7. The van der Waals surface area contributed by atoms with Gasteiger partial charge in [-0.3, -0.25) is 9.59 Å². The molecule has 0 aliphatic carbocycles. The Bertz CT molecular complexity index is 482. The Hall–Kier alpha value is -1.06. The Balaban J connectivity index is 2.17. The highest BCUT2D eigenvalue weighted by Gasteiger charge is 2.25. The maximum Gasteiger partial charge on any atom is 0.295 e. The molecule has 18 heavy (non-hydrogen) atoms. The van der Waals surface area contributed by atoms with E-state index in [1.165, 1.54) is 12.1 Å². The van der Waals surface area contributed by atoms with Gasteiger partial charge in [0.15, 0.2) is 0 Å². The zero-order chi connectivity index (χ0) is 13.1. The number of Topliss-reactive ketones (excluding diaryl/α,β-unsaturated/α-hetero) is 1. The van der Waals surface area contributed by atoms with E-state index in [9.17, 15) is 9.59 Å². The van der Waals surface area contributed by atoms with E-state index in [0.717, 1.165) is 19.3 Å². The number of nitrogens with zero attached hydrogens (tertiary/aromatic N) is 1. The Morgan fingerprint density at radius 1 is 1.06 bits per heavy atom. The lowest BCUT2D eigenvalue weighted by Gasteiger charge is -2.26. The van der Waals surface area contributed by atoms with Gasteiger partial charge in [-0.1, -0.05) is 23.2 Å². The van der Waals surface area contributed by atoms with Gasteiger partial charge in [0, 0.05) is 23.7 Å². The highest BCUT2D eigenvalue weighted by molar-refractivity contribution is 6.47. The van der Waals surface area contributed by atoms with E-state index in [0.29, 0.717) is 18.1 Å². The zero-order valence-electron chi connectivity index (χ0n) is 9.79. The number of ketones is 1. The summed E-state index contributed by atoms with van der Waals surface area (Å²) < 4.78 is 0. The lowest BCUT2D eigenvalue weighted by Crippen LogP contribution is -2.40. The smallest absolute Gasteiger partial charge is 0.295 e. The number of likely N-dealkylation sites (tertiary alicyclic amines) is 1. The molecule has 0 bridgehead atoms. The number of piperidine rings is 1. The summed E-state index contributed by atoms with van der Waals surface area (Å²) in [5, 5.41) is 0.667. The van der Waals surface area contributed by atoms with E-state index in [2.05, 4.69) is 0 Å². The number of rotatable bonds is 2. The van der Waals surface area contributed by atoms with Gasteiger partial charge >= 0.3 is 0 Å². The molecule has 1 fully saturated rings. The molecular formula is C13H13Cl2NO2. The standard InChI is InChI=1S/C13H13Cl2NO2/c14-9-4-5-10(11(15)8-9)12(17)13(18)16-6-2-1-3-7-16/h4-5,8H,1-3,6-7H2. The van der Waals surface area contributed by atoms with Crippen LogP contribution in [0, 0.1) is 0 Å². The van der Waals surface area contributed by atoms with Crippen molar-refractivity contribution in [2.24, 2.45) is 0 Å². The van der Waals surface area contributed by atoms with E-state index in [1.807, 2.05) is 0 Å². The molecule has 0 spiro atoms. The normalized spacial score (nSPS) is 15.6. The van der Waals surface area contributed by atoms with Crippen LogP contribution in [0.5, 0.6) is 0 Å². The molecule has 0 aromatic heterocycles. The van der Waals surface area contributed by atoms with E-state index >= 15 is 0 Å². The summed E-state index contributed by atoms with van der Waals surface area (Å²) in [5.41, 5.74) is 0.219. The van der Waals surface area contributed by atoms with Crippen LogP contribution in [0.3, 0.4) is 0 Å². The lowest BCUT2D eigenvalue weighted by atomic mass is 10.1. The van der Waals surface area contributed by atoms with Gasteiger partial charge in [-0.15, -0.1) is 0 Å². The average molecular weight is 286 g/mol. The molecular weight excluding hydrogens is 273 g/mol. The van der Waals surface area contributed by atoms with Crippen molar-refractivity contribution < 1.29 is 9.59 Å². The van der Waals surface area contributed by atoms with Crippen LogP contribution in [0.2, 0.25) is 10.0 Å². The molecule has 1 aromatic carbocycles. The van der Waals surface area contributed by atoms with Gasteiger partial charge in [-0.2, -0.15) is 0 Å². The summed E-state index contributed by atoms with van der Waals surface area (Å²) in [6, 6.07) is 4.53. The summed E-state index contributed by atoms with van der Waals surface area (Å²) in [5.74, 6) is -1.03. The minimum absolute atomic E-state index is 0.219. The number of carbonyl (C=O) groups is 2. The SMILES string of the molecule is O=C(C(=O)N1CCCCC1)c1ccc(Cl)cc1Cl. The Kier molecular flexibility index (Phi) is 4.25. The lowest BCUT2D eigenvalue weighted by molar-refractivity contribution is -0.127. The molecule has 1 aliphatic heterocycles. The molecule has 0 radical (unpaired) electrons. The molecule has 0 saturated carbocycles. The second-order valence-electron chi connectivity index (χ2n) is 4.31. The molecule has 2 rings (SSSR count). The second kappa shape index (κ2) is 5.72. The molecule has 0 atom stereocenters. The van der Waals surface area contributed by atoms with Crippen molar-refractivity contribution in [3.05, 3.63) is 33.8 Å². The van der Waals surface area contributed by atoms with Crippen molar-refractivity contribution in [3.8, 4) is 0 Å². The Morgan fingerprint density at radius 3 is 2.33 bits per heavy atom. The van der Waals surface area contributed by atoms with Crippen molar-refractivity contribution in [1.82, 2.24) is 4.90 Å². The summed E-state index contributed by atoms with van der Waals surface area (Å²) in [6.07, 6.45) is 3.01. The Labute approximate surface area is 116 Å². The second-order valence-corrected chi connectivity index (χ2v) is 5.15. The first kappa shape index (κ1) is 13.4. The van der Waals surface area contributed by atoms with Gasteiger partial charge < -0.3 is 4.90 Å². The molecule has 5 heteroatoms.